The van der Waals surface area contributed by atoms with E-state index in [4.69, 9.17) is 28.0 Å². The Morgan fingerprint density at radius 1 is 1.15 bits per heavy atom. The van der Waals surface area contributed by atoms with Crippen LogP contribution in [0.4, 0.5) is 0 Å². The van der Waals surface area contributed by atoms with Crippen LogP contribution in [0.2, 0.25) is 10.0 Å². The third kappa shape index (κ3) is 4.55. The van der Waals surface area contributed by atoms with Crippen LogP contribution in [-0.4, -0.2) is 33.0 Å². The zero-order valence-corrected chi connectivity index (χ0v) is 16.7. The fourth-order valence-electron chi connectivity index (χ4n) is 2.19. The van der Waals surface area contributed by atoms with Crippen molar-refractivity contribution in [2.24, 2.45) is 0 Å². The zero-order valence-electron chi connectivity index (χ0n) is 14.4. The molecule has 0 aliphatic rings. The number of hydrogen-bond donors (Lipinski definition) is 1. The summed E-state index contributed by atoms with van der Waals surface area (Å²) in [6.45, 7) is 1.81. The van der Waals surface area contributed by atoms with Gasteiger partial charge in [-0.15, -0.1) is 0 Å². The Labute approximate surface area is 162 Å². The number of hydroxylamine groups is 1. The smallest absolute Gasteiger partial charge is 0.266 e. The molecule has 26 heavy (non-hydrogen) atoms. The van der Waals surface area contributed by atoms with Gasteiger partial charge in [0.25, 0.3) is 15.9 Å². The Kier molecular flexibility index (Phi) is 6.65. The fraction of sp³-hybridized carbons (Fsp3) is 0.235. The van der Waals surface area contributed by atoms with Crippen molar-refractivity contribution in [2.75, 3.05) is 14.2 Å². The van der Waals surface area contributed by atoms with E-state index in [9.17, 15) is 13.2 Å². The minimum Gasteiger partial charge on any atom is -0.346 e. The molecule has 2 aromatic rings. The highest BCUT2D eigenvalue weighted by Crippen LogP contribution is 2.26. The lowest BCUT2D eigenvalue weighted by atomic mass is 10.1. The quantitative estimate of drug-likeness (QED) is 0.728. The summed E-state index contributed by atoms with van der Waals surface area (Å²) in [5, 5.41) is 3.40. The second kappa shape index (κ2) is 8.37. The van der Waals surface area contributed by atoms with E-state index in [1.54, 1.807) is 24.3 Å². The lowest BCUT2D eigenvalue weighted by molar-refractivity contribution is -0.0258. The van der Waals surface area contributed by atoms with Gasteiger partial charge < -0.3 is 5.32 Å². The Morgan fingerprint density at radius 3 is 2.35 bits per heavy atom. The van der Waals surface area contributed by atoms with Crippen molar-refractivity contribution < 1.29 is 18.0 Å². The first-order chi connectivity index (χ1) is 12.2. The van der Waals surface area contributed by atoms with Crippen molar-refractivity contribution in [3.8, 4) is 0 Å². The number of rotatable bonds is 6. The predicted octanol–water partition coefficient (Wildman–Crippen LogP) is 3.67. The van der Waals surface area contributed by atoms with Crippen molar-refractivity contribution in [2.45, 2.75) is 17.9 Å². The summed E-state index contributed by atoms with van der Waals surface area (Å²) in [7, 11) is -1.52. The minimum absolute atomic E-state index is 0.00352. The van der Waals surface area contributed by atoms with Crippen molar-refractivity contribution in [1.82, 2.24) is 9.79 Å². The molecule has 2 rings (SSSR count). The first kappa shape index (κ1) is 20.7. The van der Waals surface area contributed by atoms with Crippen LogP contribution in [-0.2, 0) is 14.9 Å². The van der Waals surface area contributed by atoms with Crippen LogP contribution < -0.4 is 5.32 Å². The molecule has 1 atom stereocenters. The van der Waals surface area contributed by atoms with Gasteiger partial charge in [0.05, 0.1) is 18.2 Å². The van der Waals surface area contributed by atoms with Gasteiger partial charge in [0.2, 0.25) is 0 Å². The summed E-state index contributed by atoms with van der Waals surface area (Å²) < 4.78 is 25.5. The Balaban J connectivity index is 2.27. The van der Waals surface area contributed by atoms with E-state index in [2.05, 4.69) is 5.32 Å². The molecule has 9 heteroatoms. The lowest BCUT2D eigenvalue weighted by Crippen LogP contribution is -2.28. The van der Waals surface area contributed by atoms with E-state index in [1.807, 2.05) is 6.92 Å². The molecule has 0 spiro atoms. The van der Waals surface area contributed by atoms with Gasteiger partial charge >= 0.3 is 0 Å². The number of sulfonamides is 1. The van der Waals surface area contributed by atoms with Crippen LogP contribution in [0.15, 0.2) is 47.4 Å². The van der Waals surface area contributed by atoms with Crippen LogP contribution in [0.1, 0.15) is 28.9 Å². The van der Waals surface area contributed by atoms with E-state index in [0.717, 1.165) is 5.56 Å². The average molecular weight is 417 g/mol. The molecule has 0 heterocycles. The molecule has 1 unspecified atom stereocenters. The second-order valence-corrected chi connectivity index (χ2v) is 8.24. The number of amides is 1. The standard InChI is InChI=1S/C17H18Cl2N2O4S/c1-11(12-4-7-14(18)8-5-12)20-17(22)13-6-9-15(19)16(10-13)26(23,24)21(2)25-3/h4-11H,1-3H3,(H,20,22). The van der Waals surface area contributed by atoms with Gasteiger partial charge in [0.15, 0.2) is 0 Å². The fourth-order valence-corrected chi connectivity index (χ4v) is 3.79. The van der Waals surface area contributed by atoms with E-state index in [0.29, 0.717) is 9.49 Å². The second-order valence-electron chi connectivity index (χ2n) is 5.49. The predicted molar refractivity (Wildman–Crippen MR) is 101 cm³/mol. The maximum absolute atomic E-state index is 12.5. The number of hydrogen-bond acceptors (Lipinski definition) is 4. The molecule has 0 bridgehead atoms. The molecule has 1 amide bonds. The Morgan fingerprint density at radius 2 is 1.77 bits per heavy atom. The van der Waals surface area contributed by atoms with Gasteiger partial charge in [-0.2, -0.15) is 0 Å². The summed E-state index contributed by atoms with van der Waals surface area (Å²) in [4.78, 5) is 17.0. The van der Waals surface area contributed by atoms with E-state index in [1.165, 1.54) is 32.4 Å². The molecule has 140 valence electrons. The van der Waals surface area contributed by atoms with Crippen LogP contribution in [0, 0.1) is 0 Å². The van der Waals surface area contributed by atoms with Gasteiger partial charge in [-0.25, -0.2) is 8.42 Å². The highest BCUT2D eigenvalue weighted by molar-refractivity contribution is 7.89. The van der Waals surface area contributed by atoms with E-state index >= 15 is 0 Å². The van der Waals surface area contributed by atoms with Gasteiger partial charge in [-0.3, -0.25) is 9.63 Å². The van der Waals surface area contributed by atoms with Crippen LogP contribution in [0.3, 0.4) is 0 Å². The number of carbonyl (C=O) groups is 1. The molecule has 0 aliphatic heterocycles. The largest absolute Gasteiger partial charge is 0.346 e. The number of halogens is 2. The summed E-state index contributed by atoms with van der Waals surface area (Å²) in [5.74, 6) is -0.430. The number of benzene rings is 2. The molecule has 0 fully saturated rings. The molecule has 0 aromatic heterocycles. The van der Waals surface area contributed by atoms with Gasteiger partial charge in [-0.05, 0) is 42.8 Å². The molecule has 1 N–H and O–H groups in total. The maximum Gasteiger partial charge on any atom is 0.266 e. The molecule has 6 nitrogen and oxygen atoms in total. The number of nitrogens with zero attached hydrogens (tertiary/aromatic N) is 1. The summed E-state index contributed by atoms with van der Waals surface area (Å²) in [6.07, 6.45) is 0. The van der Waals surface area contributed by atoms with Crippen molar-refractivity contribution in [1.29, 1.82) is 0 Å². The van der Waals surface area contributed by atoms with Crippen LogP contribution >= 0.6 is 23.2 Å². The minimum atomic E-state index is -3.98. The monoisotopic (exact) mass is 416 g/mol. The maximum atomic E-state index is 12.5. The SMILES string of the molecule is CON(C)S(=O)(=O)c1cc(C(=O)NC(C)c2ccc(Cl)cc2)ccc1Cl. The van der Waals surface area contributed by atoms with Gasteiger partial charge in [0, 0.05) is 17.6 Å². The molecular formula is C17H18Cl2N2O4S. The molecule has 0 aliphatic carbocycles. The summed E-state index contributed by atoms with van der Waals surface area (Å²) in [5.41, 5.74) is 1.03. The first-order valence-electron chi connectivity index (χ1n) is 7.55. The van der Waals surface area contributed by atoms with Gasteiger partial charge in [0.1, 0.15) is 4.90 Å². The molecular weight excluding hydrogens is 399 g/mol. The Hall–Kier alpha value is -1.64. The Bertz CT molecular complexity index is 901. The third-order valence-corrected chi connectivity index (χ3v) is 6.20. The van der Waals surface area contributed by atoms with Crippen LogP contribution in [0.25, 0.3) is 0 Å². The zero-order chi connectivity index (χ0) is 19.5. The highest BCUT2D eigenvalue weighted by atomic mass is 35.5. The highest BCUT2D eigenvalue weighted by Gasteiger charge is 2.25. The van der Waals surface area contributed by atoms with Crippen molar-refractivity contribution in [3.63, 3.8) is 0 Å². The van der Waals surface area contributed by atoms with Crippen molar-refractivity contribution in [3.05, 3.63) is 63.6 Å². The van der Waals surface area contributed by atoms with E-state index < -0.39 is 15.9 Å². The topological polar surface area (TPSA) is 75.7 Å². The molecule has 0 radical (unpaired) electrons. The normalized spacial score (nSPS) is 12.8. The average Bonchev–Trinajstić information content (AvgIpc) is 2.61. The molecule has 2 aromatic carbocycles. The summed E-state index contributed by atoms with van der Waals surface area (Å²) >= 11 is 11.9. The number of nitrogens with one attached hydrogen (secondary N) is 1. The first-order valence-corrected chi connectivity index (χ1v) is 9.75. The van der Waals surface area contributed by atoms with E-state index in [-0.39, 0.29) is 21.5 Å². The third-order valence-electron chi connectivity index (χ3n) is 3.78. The van der Waals surface area contributed by atoms with Crippen LogP contribution in [0.5, 0.6) is 0 Å². The lowest BCUT2D eigenvalue weighted by Gasteiger charge is -2.17. The van der Waals surface area contributed by atoms with Gasteiger partial charge in [-0.1, -0.05) is 39.8 Å². The number of carbonyl (C=O) groups excluding carboxylic acids is 1. The van der Waals surface area contributed by atoms with Crippen molar-refractivity contribution >= 4 is 39.1 Å². The molecule has 0 saturated carbocycles. The summed E-state index contributed by atoms with van der Waals surface area (Å²) in [6, 6.07) is 10.8. The molecule has 0 saturated heterocycles.